The van der Waals surface area contributed by atoms with E-state index in [2.05, 4.69) is 52.8 Å². The Morgan fingerprint density at radius 3 is 2.76 bits per heavy atom. The number of aryl methyl sites for hydroxylation is 2. The number of rotatable bonds is 4. The molecule has 0 aromatic carbocycles. The van der Waals surface area contributed by atoms with Crippen molar-refractivity contribution in [3.8, 4) is 0 Å². The smallest absolute Gasteiger partial charge is 0.194 e. The largest absolute Gasteiger partial charge is 0.311 e. The van der Waals surface area contributed by atoms with Crippen molar-refractivity contribution in [2.75, 3.05) is 26.7 Å². The molecule has 2 aromatic rings. The highest BCUT2D eigenvalue weighted by Crippen LogP contribution is 2.29. The van der Waals surface area contributed by atoms with Gasteiger partial charge in [-0.25, -0.2) is 4.98 Å². The Bertz CT molecular complexity index is 620. The minimum absolute atomic E-state index is 0.438. The summed E-state index contributed by atoms with van der Waals surface area (Å²) in [6.07, 6.45) is 2.57. The first-order valence-corrected chi connectivity index (χ1v) is 8.68. The van der Waals surface area contributed by atoms with E-state index in [9.17, 15) is 0 Å². The van der Waals surface area contributed by atoms with E-state index in [1.807, 2.05) is 0 Å². The number of hydrogen-bond acceptors (Lipinski definition) is 4. The maximum Gasteiger partial charge on any atom is 0.194 e. The highest BCUT2D eigenvalue weighted by Gasteiger charge is 2.28. The Morgan fingerprint density at radius 2 is 2.05 bits per heavy atom. The number of likely N-dealkylation sites (tertiary alicyclic amines) is 1. The van der Waals surface area contributed by atoms with Crippen molar-refractivity contribution in [2.24, 2.45) is 5.41 Å². The summed E-state index contributed by atoms with van der Waals surface area (Å²) in [7, 11) is 2.22. The van der Waals surface area contributed by atoms with Crippen LogP contribution in [-0.4, -0.2) is 41.0 Å². The fourth-order valence-electron chi connectivity index (χ4n) is 3.19. The number of nitrogens with one attached hydrogen (secondary N) is 1. The summed E-state index contributed by atoms with van der Waals surface area (Å²) in [4.78, 5) is 8.21. The first-order valence-electron chi connectivity index (χ1n) is 7.80. The highest BCUT2D eigenvalue weighted by molar-refractivity contribution is 7.15. The van der Waals surface area contributed by atoms with Crippen molar-refractivity contribution in [1.82, 2.24) is 19.6 Å². The summed E-state index contributed by atoms with van der Waals surface area (Å²) >= 11 is 1.73. The van der Waals surface area contributed by atoms with Gasteiger partial charge in [0.05, 0.1) is 11.4 Å². The molecule has 0 amide bonds. The molecule has 0 bridgehead atoms. The van der Waals surface area contributed by atoms with Crippen molar-refractivity contribution >= 4 is 16.3 Å². The molecule has 0 aliphatic carbocycles. The maximum atomic E-state index is 4.66. The second kappa shape index (κ2) is 5.71. The van der Waals surface area contributed by atoms with Crippen molar-refractivity contribution in [1.29, 1.82) is 0 Å². The lowest BCUT2D eigenvalue weighted by molar-refractivity contribution is 0.136. The third-order valence-corrected chi connectivity index (χ3v) is 5.81. The molecule has 0 radical (unpaired) electrons. The van der Waals surface area contributed by atoms with Crippen LogP contribution >= 0.6 is 11.3 Å². The summed E-state index contributed by atoms with van der Waals surface area (Å²) in [6, 6.07) is 0. The number of nitrogens with zero attached hydrogens (tertiary/aromatic N) is 3. The average Bonchev–Trinajstić information content (AvgIpc) is 2.95. The molecule has 0 atom stereocenters. The zero-order valence-electron chi connectivity index (χ0n) is 13.6. The fourth-order valence-corrected chi connectivity index (χ4v) is 4.12. The molecule has 116 valence electrons. The molecule has 1 aliphatic rings. The quantitative estimate of drug-likeness (QED) is 0.943. The Morgan fingerprint density at radius 1 is 1.33 bits per heavy atom. The molecule has 1 aliphatic heterocycles. The number of fused-ring (bicyclic) bond motifs is 1. The van der Waals surface area contributed by atoms with Gasteiger partial charge in [0.2, 0.25) is 0 Å². The van der Waals surface area contributed by atoms with Crippen molar-refractivity contribution < 1.29 is 0 Å². The molecular weight excluding hydrogens is 280 g/mol. The Labute approximate surface area is 131 Å². The van der Waals surface area contributed by atoms with Crippen LogP contribution in [0.4, 0.5) is 0 Å². The van der Waals surface area contributed by atoms with Gasteiger partial charge in [0.1, 0.15) is 0 Å². The lowest BCUT2D eigenvalue weighted by Crippen LogP contribution is -2.42. The van der Waals surface area contributed by atoms with Gasteiger partial charge in [0.25, 0.3) is 0 Å². The van der Waals surface area contributed by atoms with E-state index in [1.165, 1.54) is 37.3 Å². The van der Waals surface area contributed by atoms with E-state index in [-0.39, 0.29) is 0 Å². The van der Waals surface area contributed by atoms with E-state index < -0.39 is 0 Å². The molecule has 0 saturated carbocycles. The molecule has 21 heavy (non-hydrogen) atoms. The SMILES string of the molecule is Cc1nc2scc(C)n2c1CNCC1(C)CCN(C)CC1. The molecule has 2 aromatic heterocycles. The standard InChI is InChI=1S/C16H26N4S/c1-12-10-21-15-18-13(2)14(20(12)15)9-17-11-16(3)5-7-19(4)8-6-16/h10,17H,5-9,11H2,1-4H3. The molecule has 0 unspecified atom stereocenters. The molecule has 1 saturated heterocycles. The number of thiazole rings is 1. The van der Waals surface area contributed by atoms with E-state index in [1.54, 1.807) is 11.3 Å². The van der Waals surface area contributed by atoms with Crippen LogP contribution < -0.4 is 5.32 Å². The summed E-state index contributed by atoms with van der Waals surface area (Å²) < 4.78 is 2.30. The summed E-state index contributed by atoms with van der Waals surface area (Å²) in [5.41, 5.74) is 4.21. The molecule has 0 spiro atoms. The lowest BCUT2D eigenvalue weighted by Gasteiger charge is -2.38. The van der Waals surface area contributed by atoms with Crippen LogP contribution in [-0.2, 0) is 6.54 Å². The second-order valence-corrected chi connectivity index (χ2v) is 7.69. The Hall–Kier alpha value is -0.910. The minimum atomic E-state index is 0.438. The van der Waals surface area contributed by atoms with E-state index in [0.717, 1.165) is 23.7 Å². The van der Waals surface area contributed by atoms with Crippen LogP contribution in [0.5, 0.6) is 0 Å². The monoisotopic (exact) mass is 306 g/mol. The number of imidazole rings is 1. The van der Waals surface area contributed by atoms with Crippen LogP contribution in [0.25, 0.3) is 4.96 Å². The zero-order chi connectivity index (χ0) is 15.0. The van der Waals surface area contributed by atoms with Crippen molar-refractivity contribution in [3.05, 3.63) is 22.5 Å². The molecule has 5 heteroatoms. The van der Waals surface area contributed by atoms with Crippen LogP contribution in [0.3, 0.4) is 0 Å². The van der Waals surface area contributed by atoms with Gasteiger partial charge in [-0.2, -0.15) is 0 Å². The molecule has 1 fully saturated rings. The van der Waals surface area contributed by atoms with Crippen LogP contribution in [0.1, 0.15) is 36.8 Å². The fraction of sp³-hybridized carbons (Fsp3) is 0.688. The molecule has 4 nitrogen and oxygen atoms in total. The second-order valence-electron chi connectivity index (χ2n) is 6.86. The van der Waals surface area contributed by atoms with Gasteiger partial charge in [-0.15, -0.1) is 11.3 Å². The molecule has 1 N–H and O–H groups in total. The van der Waals surface area contributed by atoms with Crippen LogP contribution in [0, 0.1) is 19.3 Å². The lowest BCUT2D eigenvalue weighted by atomic mass is 9.80. The van der Waals surface area contributed by atoms with Gasteiger partial charge in [-0.05, 0) is 52.2 Å². The van der Waals surface area contributed by atoms with Gasteiger partial charge in [-0.3, -0.25) is 4.40 Å². The van der Waals surface area contributed by atoms with Gasteiger partial charge >= 0.3 is 0 Å². The van der Waals surface area contributed by atoms with E-state index in [0.29, 0.717) is 5.41 Å². The number of hydrogen-bond donors (Lipinski definition) is 1. The van der Waals surface area contributed by atoms with Gasteiger partial charge in [-0.1, -0.05) is 6.92 Å². The topological polar surface area (TPSA) is 32.6 Å². The van der Waals surface area contributed by atoms with E-state index in [4.69, 9.17) is 0 Å². The predicted molar refractivity (Wildman–Crippen MR) is 89.1 cm³/mol. The molecule has 3 rings (SSSR count). The normalized spacial score (nSPS) is 19.4. The maximum absolute atomic E-state index is 4.66. The Kier molecular flexibility index (Phi) is 4.08. The van der Waals surface area contributed by atoms with E-state index >= 15 is 0 Å². The highest BCUT2D eigenvalue weighted by atomic mass is 32.1. The third kappa shape index (κ3) is 3.00. The van der Waals surface area contributed by atoms with Gasteiger partial charge < -0.3 is 10.2 Å². The van der Waals surface area contributed by atoms with Gasteiger partial charge in [0.15, 0.2) is 4.96 Å². The summed E-state index contributed by atoms with van der Waals surface area (Å²) in [5, 5.41) is 5.87. The zero-order valence-corrected chi connectivity index (χ0v) is 14.4. The van der Waals surface area contributed by atoms with Crippen LogP contribution in [0.2, 0.25) is 0 Å². The first-order chi connectivity index (χ1) is 9.98. The third-order valence-electron chi connectivity index (χ3n) is 4.87. The number of aromatic nitrogens is 2. The molecular formula is C16H26N4S. The molecule has 3 heterocycles. The summed E-state index contributed by atoms with van der Waals surface area (Å²) in [5.74, 6) is 0. The number of piperidine rings is 1. The van der Waals surface area contributed by atoms with Gasteiger partial charge in [0, 0.05) is 24.2 Å². The summed E-state index contributed by atoms with van der Waals surface area (Å²) in [6.45, 7) is 11.1. The van der Waals surface area contributed by atoms with Crippen LogP contribution in [0.15, 0.2) is 5.38 Å². The van der Waals surface area contributed by atoms with Crippen molar-refractivity contribution in [3.63, 3.8) is 0 Å². The Balaban J connectivity index is 1.64. The minimum Gasteiger partial charge on any atom is -0.311 e. The van der Waals surface area contributed by atoms with Crippen molar-refractivity contribution in [2.45, 2.75) is 40.2 Å². The average molecular weight is 306 g/mol. The predicted octanol–water partition coefficient (Wildman–Crippen LogP) is 2.83. The first kappa shape index (κ1) is 15.0.